The summed E-state index contributed by atoms with van der Waals surface area (Å²) in [5.74, 6) is -1.22. The Hall–Kier alpha value is -1.43. The molecule has 1 N–H and O–H groups in total. The van der Waals surface area contributed by atoms with E-state index in [1.54, 1.807) is 19.1 Å². The lowest BCUT2D eigenvalue weighted by Gasteiger charge is -2.12. The molecule has 0 heterocycles. The van der Waals surface area contributed by atoms with E-state index in [4.69, 9.17) is 34.8 Å². The zero-order chi connectivity index (χ0) is 16.6. The van der Waals surface area contributed by atoms with Crippen molar-refractivity contribution in [1.82, 2.24) is 5.48 Å². The van der Waals surface area contributed by atoms with Gasteiger partial charge in [0.15, 0.2) is 0 Å². The molecule has 0 bridgehead atoms. The van der Waals surface area contributed by atoms with Gasteiger partial charge >= 0.3 is 12.1 Å². The number of benzene rings is 1. The van der Waals surface area contributed by atoms with Gasteiger partial charge in [-0.2, -0.15) is 0 Å². The second-order valence-electron chi connectivity index (χ2n) is 4.27. The molecule has 22 heavy (non-hydrogen) atoms. The standard InChI is InChI=1S/C14H14Cl3NO4/c1-10(7-8-11-5-3-2-4-6-11)12(19)22-18-13(20)21-9-14(15,16)17/h2-8,10H,9H2,1H3,(H,18,20)/b8-7+. The van der Waals surface area contributed by atoms with Crippen molar-refractivity contribution in [2.75, 3.05) is 6.61 Å². The first-order chi connectivity index (χ1) is 10.3. The van der Waals surface area contributed by atoms with Crippen LogP contribution in [0.5, 0.6) is 0 Å². The minimum absolute atomic E-state index is 0.468. The third kappa shape index (κ3) is 8.12. The van der Waals surface area contributed by atoms with Gasteiger partial charge in [0.05, 0.1) is 5.92 Å². The highest BCUT2D eigenvalue weighted by molar-refractivity contribution is 6.67. The number of ether oxygens (including phenoxy) is 1. The number of amides is 1. The Morgan fingerprint density at radius 3 is 2.50 bits per heavy atom. The molecule has 1 aromatic rings. The molecular weight excluding hydrogens is 353 g/mol. The Bertz CT molecular complexity index is 529. The van der Waals surface area contributed by atoms with E-state index < -0.39 is 28.4 Å². The maximum Gasteiger partial charge on any atom is 0.440 e. The molecule has 0 saturated carbocycles. The molecule has 8 heteroatoms. The number of rotatable bonds is 4. The largest absolute Gasteiger partial charge is 0.443 e. The van der Waals surface area contributed by atoms with Gasteiger partial charge in [0.1, 0.15) is 6.61 Å². The molecule has 0 saturated heterocycles. The summed E-state index contributed by atoms with van der Waals surface area (Å²) in [5, 5.41) is 0. The molecule has 1 unspecified atom stereocenters. The van der Waals surface area contributed by atoms with Gasteiger partial charge in [-0.25, -0.2) is 9.59 Å². The fourth-order valence-corrected chi connectivity index (χ4v) is 1.42. The second kappa shape index (κ2) is 8.88. The Morgan fingerprint density at radius 2 is 1.91 bits per heavy atom. The Kier molecular flexibility index (Phi) is 7.51. The first kappa shape index (κ1) is 18.6. The van der Waals surface area contributed by atoms with Crippen molar-refractivity contribution in [3.8, 4) is 0 Å². The fourth-order valence-electron chi connectivity index (χ4n) is 1.26. The van der Waals surface area contributed by atoms with Crippen molar-refractivity contribution < 1.29 is 19.2 Å². The topological polar surface area (TPSA) is 64.6 Å². The maximum absolute atomic E-state index is 11.6. The van der Waals surface area contributed by atoms with E-state index in [1.807, 2.05) is 35.8 Å². The molecular formula is C14H14Cl3NO4. The Morgan fingerprint density at radius 1 is 1.27 bits per heavy atom. The van der Waals surface area contributed by atoms with E-state index in [-0.39, 0.29) is 0 Å². The number of hydroxylamine groups is 1. The van der Waals surface area contributed by atoms with Gasteiger partial charge in [-0.1, -0.05) is 77.3 Å². The van der Waals surface area contributed by atoms with E-state index in [9.17, 15) is 9.59 Å². The molecule has 0 spiro atoms. The van der Waals surface area contributed by atoms with Crippen LogP contribution in [0.25, 0.3) is 6.08 Å². The lowest BCUT2D eigenvalue weighted by molar-refractivity contribution is -0.152. The summed E-state index contributed by atoms with van der Waals surface area (Å²) >= 11 is 16.2. The number of hydrogen-bond acceptors (Lipinski definition) is 4. The minimum atomic E-state index is -1.73. The van der Waals surface area contributed by atoms with Crippen LogP contribution in [0.2, 0.25) is 0 Å². The minimum Gasteiger partial charge on any atom is -0.443 e. The van der Waals surface area contributed by atoms with Gasteiger partial charge in [0.2, 0.25) is 3.79 Å². The van der Waals surface area contributed by atoms with Crippen LogP contribution < -0.4 is 5.48 Å². The first-order valence-corrected chi connectivity index (χ1v) is 7.35. The number of carbonyl (C=O) groups excluding carboxylic acids is 2. The van der Waals surface area contributed by atoms with Crippen LogP contribution in [-0.2, 0) is 14.4 Å². The van der Waals surface area contributed by atoms with Gasteiger partial charge < -0.3 is 9.57 Å². The van der Waals surface area contributed by atoms with Gasteiger partial charge in [-0.15, -0.1) is 5.48 Å². The fraction of sp³-hybridized carbons (Fsp3) is 0.286. The van der Waals surface area contributed by atoms with Gasteiger partial charge in [0, 0.05) is 0 Å². The summed E-state index contributed by atoms with van der Waals surface area (Å²) in [7, 11) is 0. The molecule has 0 radical (unpaired) electrons. The molecule has 1 aromatic carbocycles. The summed E-state index contributed by atoms with van der Waals surface area (Å²) in [4.78, 5) is 27.4. The van der Waals surface area contributed by atoms with Gasteiger partial charge in [-0.05, 0) is 12.5 Å². The van der Waals surface area contributed by atoms with Crippen LogP contribution in [0, 0.1) is 5.92 Å². The van der Waals surface area contributed by atoms with E-state index in [0.29, 0.717) is 0 Å². The van der Waals surface area contributed by atoms with Crippen molar-refractivity contribution >= 4 is 52.9 Å². The third-order valence-corrected chi connectivity index (χ3v) is 2.68. The van der Waals surface area contributed by atoms with Crippen LogP contribution in [-0.4, -0.2) is 22.5 Å². The maximum atomic E-state index is 11.6. The summed E-state index contributed by atoms with van der Waals surface area (Å²) in [6, 6.07) is 9.43. The molecule has 0 aliphatic carbocycles. The zero-order valence-corrected chi connectivity index (χ0v) is 13.9. The zero-order valence-electron chi connectivity index (χ0n) is 11.6. The normalized spacial score (nSPS) is 12.7. The monoisotopic (exact) mass is 365 g/mol. The lowest BCUT2D eigenvalue weighted by Crippen LogP contribution is -2.31. The molecule has 0 aliphatic rings. The average molecular weight is 367 g/mol. The third-order valence-electron chi connectivity index (χ3n) is 2.35. The molecule has 5 nitrogen and oxygen atoms in total. The van der Waals surface area contributed by atoms with Crippen LogP contribution in [0.1, 0.15) is 12.5 Å². The number of hydrogen-bond donors (Lipinski definition) is 1. The predicted molar refractivity (Wildman–Crippen MR) is 85.5 cm³/mol. The molecule has 0 aromatic heterocycles. The van der Waals surface area contributed by atoms with Crippen molar-refractivity contribution in [3.05, 3.63) is 42.0 Å². The first-order valence-electron chi connectivity index (χ1n) is 6.21. The molecule has 1 amide bonds. The Balaban J connectivity index is 2.35. The highest BCUT2D eigenvalue weighted by Crippen LogP contribution is 2.25. The van der Waals surface area contributed by atoms with E-state index >= 15 is 0 Å². The molecule has 0 fully saturated rings. The average Bonchev–Trinajstić information content (AvgIpc) is 2.48. The lowest BCUT2D eigenvalue weighted by atomic mass is 10.1. The second-order valence-corrected chi connectivity index (χ2v) is 6.79. The summed E-state index contributed by atoms with van der Waals surface area (Å²) < 4.78 is 2.80. The van der Waals surface area contributed by atoms with E-state index in [1.165, 1.54) is 0 Å². The van der Waals surface area contributed by atoms with Crippen molar-refractivity contribution in [3.63, 3.8) is 0 Å². The smallest absolute Gasteiger partial charge is 0.440 e. The van der Waals surface area contributed by atoms with Crippen LogP contribution in [0.4, 0.5) is 4.79 Å². The van der Waals surface area contributed by atoms with Crippen molar-refractivity contribution in [1.29, 1.82) is 0 Å². The SMILES string of the molecule is CC(/C=C/c1ccccc1)C(=O)ONC(=O)OCC(Cl)(Cl)Cl. The van der Waals surface area contributed by atoms with Crippen molar-refractivity contribution in [2.45, 2.75) is 10.7 Å². The van der Waals surface area contributed by atoms with E-state index in [2.05, 4.69) is 9.57 Å². The van der Waals surface area contributed by atoms with Crippen LogP contribution in [0.3, 0.4) is 0 Å². The highest BCUT2D eigenvalue weighted by atomic mass is 35.6. The molecule has 120 valence electrons. The summed E-state index contributed by atoms with van der Waals surface area (Å²) in [6.45, 7) is 1.15. The summed E-state index contributed by atoms with van der Waals surface area (Å²) in [5.41, 5.74) is 2.76. The summed E-state index contributed by atoms with van der Waals surface area (Å²) in [6.07, 6.45) is 2.39. The molecule has 1 atom stereocenters. The van der Waals surface area contributed by atoms with Crippen molar-refractivity contribution in [2.24, 2.45) is 5.92 Å². The predicted octanol–water partition coefficient (Wildman–Crippen LogP) is 3.89. The van der Waals surface area contributed by atoms with Crippen LogP contribution >= 0.6 is 34.8 Å². The number of halogens is 3. The number of alkyl halides is 3. The van der Waals surface area contributed by atoms with Gasteiger partial charge in [-0.3, -0.25) is 0 Å². The highest BCUT2D eigenvalue weighted by Gasteiger charge is 2.22. The molecule has 0 aliphatic heterocycles. The van der Waals surface area contributed by atoms with Gasteiger partial charge in [0.25, 0.3) is 0 Å². The van der Waals surface area contributed by atoms with Crippen LogP contribution in [0.15, 0.2) is 36.4 Å². The number of nitrogens with one attached hydrogen (secondary N) is 1. The number of carbonyl (C=O) groups is 2. The quantitative estimate of drug-likeness (QED) is 0.648. The van der Waals surface area contributed by atoms with E-state index in [0.717, 1.165) is 5.56 Å². The Labute approximate surface area is 143 Å². The molecule has 1 rings (SSSR count).